The van der Waals surface area contributed by atoms with Crippen LogP contribution < -0.4 is 0 Å². The minimum atomic E-state index is -0.349. The van der Waals surface area contributed by atoms with Gasteiger partial charge in [-0.15, -0.1) is 0 Å². The van der Waals surface area contributed by atoms with Gasteiger partial charge in [0.15, 0.2) is 0 Å². The molecule has 1 aliphatic rings. The first kappa shape index (κ1) is 9.71. The molecule has 0 heterocycles. The van der Waals surface area contributed by atoms with Gasteiger partial charge in [-0.3, -0.25) is 0 Å². The number of fused-ring (bicyclic) bond motifs is 3. The van der Waals surface area contributed by atoms with E-state index in [-0.39, 0.29) is 5.31 Å². The molecule has 2 aromatic carbocycles. The molecule has 1 aliphatic carbocycles. The van der Waals surface area contributed by atoms with Gasteiger partial charge in [0.1, 0.15) is 0 Å². The topological polar surface area (TPSA) is 0 Å². The highest BCUT2D eigenvalue weighted by Gasteiger charge is 2.34. The van der Waals surface area contributed by atoms with Crippen molar-refractivity contribution in [3.05, 3.63) is 59.2 Å². The van der Waals surface area contributed by atoms with Crippen LogP contribution in [0.5, 0.6) is 0 Å². The maximum absolute atomic E-state index is 6.47. The summed E-state index contributed by atoms with van der Waals surface area (Å²) in [6.07, 6.45) is 0. The van der Waals surface area contributed by atoms with Crippen molar-refractivity contribution in [2.45, 2.75) is 19.2 Å². The maximum atomic E-state index is 6.47. The van der Waals surface area contributed by atoms with Gasteiger partial charge < -0.3 is 0 Å². The number of rotatable bonds is 0. The average Bonchev–Trinajstić information content (AvgIpc) is 2.49. The minimum absolute atomic E-state index is 0.349. The van der Waals surface area contributed by atoms with Gasteiger partial charge in [0, 0.05) is 0 Å². The van der Waals surface area contributed by atoms with Crippen LogP contribution in [0.2, 0.25) is 0 Å². The van der Waals surface area contributed by atoms with Crippen molar-refractivity contribution < 1.29 is 0 Å². The fraction of sp³-hybridized carbons (Fsp3) is 0.200. The normalized spacial score (nSPS) is 21.6. The first-order chi connectivity index (χ1) is 7.60. The molecule has 1 heteroatoms. The molecular weight excluding hydrogens is 191 g/mol. The summed E-state index contributed by atoms with van der Waals surface area (Å²) in [7, 11) is 6.47. The van der Waals surface area contributed by atoms with Crippen LogP contribution in [0.3, 0.4) is 0 Å². The molecule has 0 saturated heterocycles. The van der Waals surface area contributed by atoms with E-state index in [2.05, 4.69) is 56.3 Å². The van der Waals surface area contributed by atoms with Crippen molar-refractivity contribution in [2.24, 2.45) is 0 Å². The lowest BCUT2D eigenvalue weighted by Gasteiger charge is -2.22. The highest BCUT2D eigenvalue weighted by atomic mass is 14.3. The van der Waals surface area contributed by atoms with E-state index < -0.39 is 0 Å². The van der Waals surface area contributed by atoms with Crippen LogP contribution in [0.25, 0.3) is 11.1 Å². The van der Waals surface area contributed by atoms with E-state index in [1.54, 1.807) is 0 Å². The van der Waals surface area contributed by atoms with Gasteiger partial charge in [-0.2, -0.15) is 0 Å². The van der Waals surface area contributed by atoms with Crippen molar-refractivity contribution in [3.63, 3.8) is 0 Å². The minimum Gasteiger partial charge on any atom is -0.0619 e. The van der Waals surface area contributed by atoms with E-state index in [9.17, 15) is 0 Å². The summed E-state index contributed by atoms with van der Waals surface area (Å²) in [6.45, 7) is 4.20. The van der Waals surface area contributed by atoms with Crippen LogP contribution in [-0.2, 0) is 5.31 Å². The standard InChI is InChI=1S/C15H13B/c1-10-7-8-12-11-5-3-4-6-13(11)15(2,16)14(12)9-10/h3-9H,1-2H3. The van der Waals surface area contributed by atoms with Crippen molar-refractivity contribution in [2.75, 3.05) is 0 Å². The lowest BCUT2D eigenvalue weighted by Crippen LogP contribution is -2.20. The predicted molar refractivity (Wildman–Crippen MR) is 68.8 cm³/mol. The second-order valence-corrected chi connectivity index (χ2v) is 4.80. The molecule has 2 aromatic rings. The Morgan fingerprint density at radius 3 is 2.44 bits per heavy atom. The van der Waals surface area contributed by atoms with Gasteiger partial charge in [-0.05, 0) is 34.5 Å². The lowest BCUT2D eigenvalue weighted by molar-refractivity contribution is 0.848. The SMILES string of the molecule is [B]C1(C)c2ccccc2-c2ccc(C)cc21. The van der Waals surface area contributed by atoms with Crippen LogP contribution in [0.15, 0.2) is 42.5 Å². The van der Waals surface area contributed by atoms with Crippen LogP contribution >= 0.6 is 0 Å². The first-order valence-corrected chi connectivity index (χ1v) is 5.60. The Kier molecular flexibility index (Phi) is 1.82. The molecule has 0 amide bonds. The second-order valence-electron chi connectivity index (χ2n) is 4.80. The monoisotopic (exact) mass is 204 g/mol. The molecule has 0 fully saturated rings. The van der Waals surface area contributed by atoms with Crippen LogP contribution in [0.1, 0.15) is 23.6 Å². The Balaban J connectivity index is 2.39. The van der Waals surface area contributed by atoms with Crippen molar-refractivity contribution >= 4 is 7.85 Å². The van der Waals surface area contributed by atoms with Gasteiger partial charge in [0.25, 0.3) is 0 Å². The van der Waals surface area contributed by atoms with Gasteiger partial charge in [-0.1, -0.05) is 55.0 Å². The molecular formula is C15H13B. The Hall–Kier alpha value is -1.50. The summed E-state index contributed by atoms with van der Waals surface area (Å²) in [5.41, 5.74) is 6.31. The van der Waals surface area contributed by atoms with Crippen molar-refractivity contribution in [1.82, 2.24) is 0 Å². The lowest BCUT2D eigenvalue weighted by atomic mass is 9.64. The van der Waals surface area contributed by atoms with Crippen LogP contribution in [-0.4, -0.2) is 7.85 Å². The van der Waals surface area contributed by atoms with E-state index in [4.69, 9.17) is 7.85 Å². The zero-order chi connectivity index (χ0) is 11.3. The van der Waals surface area contributed by atoms with E-state index >= 15 is 0 Å². The zero-order valence-corrected chi connectivity index (χ0v) is 9.62. The van der Waals surface area contributed by atoms with E-state index in [1.807, 2.05) is 0 Å². The van der Waals surface area contributed by atoms with Gasteiger partial charge in [-0.25, -0.2) is 0 Å². The van der Waals surface area contributed by atoms with Gasteiger partial charge >= 0.3 is 0 Å². The number of benzene rings is 2. The molecule has 0 spiro atoms. The molecule has 16 heavy (non-hydrogen) atoms. The van der Waals surface area contributed by atoms with E-state index in [1.165, 1.54) is 27.8 Å². The third-order valence-corrected chi connectivity index (χ3v) is 3.51. The number of hydrogen-bond acceptors (Lipinski definition) is 0. The van der Waals surface area contributed by atoms with Gasteiger partial charge in [0.2, 0.25) is 0 Å². The Bertz CT molecular complexity index is 567. The Morgan fingerprint density at radius 2 is 1.62 bits per heavy atom. The van der Waals surface area contributed by atoms with E-state index in [0.29, 0.717) is 0 Å². The number of aryl methyl sites for hydroxylation is 1. The fourth-order valence-electron chi connectivity index (χ4n) is 2.64. The largest absolute Gasteiger partial charge is 0.0871 e. The van der Waals surface area contributed by atoms with Crippen LogP contribution in [0.4, 0.5) is 0 Å². The molecule has 0 N–H and O–H groups in total. The summed E-state index contributed by atoms with van der Waals surface area (Å²) in [4.78, 5) is 0. The molecule has 1 atom stereocenters. The molecule has 0 aromatic heterocycles. The maximum Gasteiger partial charge on any atom is 0.0871 e. The van der Waals surface area contributed by atoms with Gasteiger partial charge in [0.05, 0.1) is 7.85 Å². The molecule has 0 bridgehead atoms. The van der Waals surface area contributed by atoms with Crippen molar-refractivity contribution in [3.8, 4) is 11.1 Å². The Morgan fingerprint density at radius 1 is 0.938 bits per heavy atom. The average molecular weight is 204 g/mol. The predicted octanol–water partition coefficient (Wildman–Crippen LogP) is 3.41. The first-order valence-electron chi connectivity index (χ1n) is 5.60. The quantitative estimate of drug-likeness (QED) is 0.577. The van der Waals surface area contributed by atoms with Crippen molar-refractivity contribution in [1.29, 1.82) is 0 Å². The molecule has 2 radical (unpaired) electrons. The zero-order valence-electron chi connectivity index (χ0n) is 9.62. The molecule has 1 unspecified atom stereocenters. The smallest absolute Gasteiger partial charge is 0.0619 e. The third kappa shape index (κ3) is 1.12. The summed E-state index contributed by atoms with van der Waals surface area (Å²) in [5.74, 6) is 0. The summed E-state index contributed by atoms with van der Waals surface area (Å²) >= 11 is 0. The summed E-state index contributed by atoms with van der Waals surface area (Å²) in [6, 6.07) is 15.0. The molecule has 0 nitrogen and oxygen atoms in total. The number of hydrogen-bond donors (Lipinski definition) is 0. The molecule has 76 valence electrons. The summed E-state index contributed by atoms with van der Waals surface area (Å²) in [5, 5.41) is -0.349. The fourth-order valence-corrected chi connectivity index (χ4v) is 2.64. The van der Waals surface area contributed by atoms with Crippen LogP contribution in [0, 0.1) is 6.92 Å². The highest BCUT2D eigenvalue weighted by molar-refractivity contribution is 6.21. The second kappa shape index (κ2) is 3.01. The van der Waals surface area contributed by atoms with E-state index in [0.717, 1.165) is 0 Å². The molecule has 0 aliphatic heterocycles. The Labute approximate surface area is 97.7 Å². The molecule has 0 saturated carbocycles. The molecule has 3 rings (SSSR count). The summed E-state index contributed by atoms with van der Waals surface area (Å²) < 4.78 is 0. The third-order valence-electron chi connectivity index (χ3n) is 3.51. The highest BCUT2D eigenvalue weighted by Crippen LogP contribution is 2.46.